The van der Waals surface area contributed by atoms with E-state index in [1.807, 2.05) is 0 Å². The Hall–Kier alpha value is -1.94. The molecule has 3 unspecified atom stereocenters. The summed E-state index contributed by atoms with van der Waals surface area (Å²) in [5.74, 6) is -1.40. The van der Waals surface area contributed by atoms with Gasteiger partial charge < -0.3 is 33.8 Å². The highest BCUT2D eigenvalue weighted by atomic mass is 31.2. The first-order chi connectivity index (χ1) is 44.1. The molecule has 0 amide bonds. The number of ether oxygens (including phenoxy) is 4. The fraction of sp³-hybridized carbons (Fsp3) is 0.944. The van der Waals surface area contributed by atoms with Crippen LogP contribution in [0.25, 0.3) is 0 Å². The number of aliphatic hydroxyl groups excluding tert-OH is 1. The lowest BCUT2D eigenvalue weighted by molar-refractivity contribution is -0.161. The van der Waals surface area contributed by atoms with Gasteiger partial charge in [0.05, 0.1) is 26.4 Å². The molecular weight excluding hydrogens is 1200 g/mol. The number of esters is 4. The molecule has 17 nitrogen and oxygen atoms in total. The zero-order valence-electron chi connectivity index (χ0n) is 59.0. The molecule has 0 aliphatic heterocycles. The number of phosphoric acid groups is 2. The van der Waals surface area contributed by atoms with Gasteiger partial charge >= 0.3 is 39.5 Å². The normalized spacial score (nSPS) is 14.3. The van der Waals surface area contributed by atoms with Crippen molar-refractivity contribution in [3.63, 3.8) is 0 Å². The van der Waals surface area contributed by atoms with Gasteiger partial charge in [-0.25, -0.2) is 9.13 Å². The summed E-state index contributed by atoms with van der Waals surface area (Å²) in [5.41, 5.74) is 0. The molecule has 6 atom stereocenters. The average molecular weight is 1340 g/mol. The Morgan fingerprint density at radius 2 is 0.527 bits per heavy atom. The molecule has 0 radical (unpaired) electrons. The van der Waals surface area contributed by atoms with Crippen LogP contribution < -0.4 is 0 Å². The van der Waals surface area contributed by atoms with Gasteiger partial charge in [0.2, 0.25) is 0 Å². The summed E-state index contributed by atoms with van der Waals surface area (Å²) in [5, 5.41) is 10.6. The molecule has 0 saturated heterocycles. The van der Waals surface area contributed by atoms with Gasteiger partial charge in [0.25, 0.3) is 0 Å². The molecule has 0 saturated carbocycles. The first-order valence-electron chi connectivity index (χ1n) is 37.7. The number of aliphatic hydroxyl groups is 1. The monoisotopic (exact) mass is 1340 g/mol. The number of phosphoric ester groups is 2. The third kappa shape index (κ3) is 65.1. The number of carbonyl (C=O) groups is 4. The summed E-state index contributed by atoms with van der Waals surface area (Å²) in [7, 11) is -9.90. The van der Waals surface area contributed by atoms with Gasteiger partial charge in [0.15, 0.2) is 12.2 Å². The molecule has 0 heterocycles. The van der Waals surface area contributed by atoms with Crippen molar-refractivity contribution in [3.8, 4) is 0 Å². The smallest absolute Gasteiger partial charge is 0.462 e. The lowest BCUT2D eigenvalue weighted by Gasteiger charge is -2.21. The van der Waals surface area contributed by atoms with Gasteiger partial charge in [0.1, 0.15) is 19.3 Å². The Morgan fingerprint density at radius 1 is 0.308 bits per heavy atom. The maximum absolute atomic E-state index is 13.0. The second-order valence-corrected chi connectivity index (χ2v) is 29.1. The predicted octanol–water partition coefficient (Wildman–Crippen LogP) is 20.9. The van der Waals surface area contributed by atoms with Crippen LogP contribution in [0.1, 0.15) is 375 Å². The Morgan fingerprint density at radius 3 is 0.780 bits per heavy atom. The van der Waals surface area contributed by atoms with Crippen molar-refractivity contribution >= 4 is 39.5 Å². The summed E-state index contributed by atoms with van der Waals surface area (Å²) in [6.45, 7) is 7.20. The molecule has 0 aromatic heterocycles. The summed E-state index contributed by atoms with van der Waals surface area (Å²) >= 11 is 0. The van der Waals surface area contributed by atoms with Crippen LogP contribution in [-0.4, -0.2) is 96.7 Å². The van der Waals surface area contributed by atoms with Crippen LogP contribution in [0, 0.1) is 5.92 Å². The fourth-order valence-corrected chi connectivity index (χ4v) is 12.5. The molecule has 0 rings (SSSR count). The summed E-state index contributed by atoms with van der Waals surface area (Å²) in [6.07, 6.45) is 52.8. The quantitative estimate of drug-likeness (QED) is 0.0222. The van der Waals surface area contributed by atoms with Gasteiger partial charge in [-0.05, 0) is 31.6 Å². The van der Waals surface area contributed by atoms with Crippen molar-refractivity contribution in [2.75, 3.05) is 39.6 Å². The Kier molecular flexibility index (Phi) is 64.0. The molecule has 0 aliphatic carbocycles. The van der Waals surface area contributed by atoms with Crippen LogP contribution in [0.2, 0.25) is 0 Å². The third-order valence-electron chi connectivity index (χ3n) is 17.1. The zero-order valence-corrected chi connectivity index (χ0v) is 60.8. The molecule has 540 valence electrons. The van der Waals surface area contributed by atoms with E-state index >= 15 is 0 Å². The highest BCUT2D eigenvalue weighted by molar-refractivity contribution is 7.47. The van der Waals surface area contributed by atoms with Crippen LogP contribution in [0.3, 0.4) is 0 Å². The summed E-state index contributed by atoms with van der Waals surface area (Å²) < 4.78 is 68.3. The highest BCUT2D eigenvalue weighted by Gasteiger charge is 2.30. The largest absolute Gasteiger partial charge is 0.472 e. The molecule has 3 N–H and O–H groups in total. The summed E-state index contributed by atoms with van der Waals surface area (Å²) in [4.78, 5) is 72.5. The van der Waals surface area contributed by atoms with Crippen LogP contribution in [0.5, 0.6) is 0 Å². The van der Waals surface area contributed by atoms with Crippen LogP contribution in [0.15, 0.2) is 0 Å². The molecule has 0 bridgehead atoms. The fourth-order valence-electron chi connectivity index (χ4n) is 11.0. The topological polar surface area (TPSA) is 237 Å². The lowest BCUT2D eigenvalue weighted by atomic mass is 10.00. The molecular formula is C72H140O17P2. The highest BCUT2D eigenvalue weighted by Crippen LogP contribution is 2.45. The van der Waals surface area contributed by atoms with E-state index in [2.05, 4.69) is 34.6 Å². The Labute approximate surface area is 556 Å². The lowest BCUT2D eigenvalue weighted by Crippen LogP contribution is -2.30. The third-order valence-corrected chi connectivity index (χ3v) is 19.0. The van der Waals surface area contributed by atoms with E-state index in [1.54, 1.807) is 0 Å². The van der Waals surface area contributed by atoms with E-state index in [-0.39, 0.29) is 25.7 Å². The van der Waals surface area contributed by atoms with Crippen molar-refractivity contribution in [1.29, 1.82) is 0 Å². The van der Waals surface area contributed by atoms with E-state index in [0.717, 1.165) is 95.8 Å². The zero-order chi connectivity index (χ0) is 67.0. The van der Waals surface area contributed by atoms with Crippen molar-refractivity contribution < 1.29 is 80.2 Å². The van der Waals surface area contributed by atoms with Crippen LogP contribution >= 0.6 is 15.6 Å². The van der Waals surface area contributed by atoms with E-state index in [9.17, 15) is 43.2 Å². The maximum Gasteiger partial charge on any atom is 0.472 e. The molecule has 0 fully saturated rings. The number of hydrogen-bond donors (Lipinski definition) is 3. The van der Waals surface area contributed by atoms with Gasteiger partial charge in [-0.1, -0.05) is 324 Å². The second kappa shape index (κ2) is 65.4. The van der Waals surface area contributed by atoms with E-state index in [0.29, 0.717) is 25.7 Å². The first-order valence-corrected chi connectivity index (χ1v) is 40.7. The van der Waals surface area contributed by atoms with E-state index in [1.165, 1.54) is 199 Å². The minimum atomic E-state index is -4.95. The van der Waals surface area contributed by atoms with E-state index in [4.69, 9.17) is 37.0 Å². The van der Waals surface area contributed by atoms with Crippen LogP contribution in [-0.2, 0) is 65.4 Å². The minimum absolute atomic E-state index is 0.103. The molecule has 19 heteroatoms. The van der Waals surface area contributed by atoms with E-state index < -0.39 is 97.5 Å². The molecule has 0 spiro atoms. The standard InChI is InChI=1S/C72H140O17P2/c1-6-10-13-16-19-22-24-26-27-28-29-30-31-33-35-38-41-47-52-57-71(76)88-67(61-83-70(75)56-51-46-40-37-34-32-25-23-20-17-14-11-7-2)63-86-90(78,79)84-59-66(73)60-85-91(80,81)87-64-68(62-82-69(74)55-50-45-39-36-21-18-15-12-8-3)89-72(77)58-53-48-43-42-44-49-54-65(5)9-4/h65-68,73H,6-64H2,1-5H3,(H,78,79)(H,80,81)/t65?,66-,67-,68-/m1/s1. The molecule has 91 heavy (non-hydrogen) atoms. The van der Waals surface area contributed by atoms with Crippen molar-refractivity contribution in [1.82, 2.24) is 0 Å². The molecule has 0 aromatic carbocycles. The second-order valence-electron chi connectivity index (χ2n) is 26.2. The number of rotatable bonds is 72. The Bertz CT molecular complexity index is 1760. The van der Waals surface area contributed by atoms with Crippen LogP contribution in [0.4, 0.5) is 0 Å². The predicted molar refractivity (Wildman–Crippen MR) is 368 cm³/mol. The average Bonchev–Trinajstić information content (AvgIpc) is 3.59. The van der Waals surface area contributed by atoms with Crippen molar-refractivity contribution in [3.05, 3.63) is 0 Å². The first kappa shape index (κ1) is 89.1. The Balaban J connectivity index is 5.20. The van der Waals surface area contributed by atoms with Gasteiger partial charge in [0, 0.05) is 25.7 Å². The van der Waals surface area contributed by atoms with Crippen molar-refractivity contribution in [2.45, 2.75) is 393 Å². The number of hydrogen-bond acceptors (Lipinski definition) is 15. The maximum atomic E-state index is 13.0. The van der Waals surface area contributed by atoms with Gasteiger partial charge in [-0.2, -0.15) is 0 Å². The van der Waals surface area contributed by atoms with Gasteiger partial charge in [-0.3, -0.25) is 37.3 Å². The van der Waals surface area contributed by atoms with Gasteiger partial charge in [-0.15, -0.1) is 0 Å². The molecule has 0 aromatic rings. The van der Waals surface area contributed by atoms with Crippen molar-refractivity contribution in [2.24, 2.45) is 5.92 Å². The number of unbranched alkanes of at least 4 members (excludes halogenated alkanes) is 43. The molecule has 0 aliphatic rings. The minimum Gasteiger partial charge on any atom is -0.462 e. The summed E-state index contributed by atoms with van der Waals surface area (Å²) in [6, 6.07) is 0. The number of carbonyl (C=O) groups excluding carboxylic acids is 4. The SMILES string of the molecule is CCCCCCCCCCCCCCCCCCCCCC(=O)O[C@H](COC(=O)CCCCCCCCCCCCCCC)COP(=O)(O)OC[C@@H](O)COP(=O)(O)OC[C@@H](COC(=O)CCCCCCCCCCC)OC(=O)CCCCCCCCC(C)CC.